The first kappa shape index (κ1) is 10.8. The van der Waals surface area contributed by atoms with Crippen LogP contribution in [0.5, 0.6) is 0 Å². The zero-order chi connectivity index (χ0) is 11.4. The van der Waals surface area contributed by atoms with Crippen LogP contribution in [0.2, 0.25) is 0 Å². The van der Waals surface area contributed by atoms with Crippen molar-refractivity contribution in [3.8, 4) is 0 Å². The highest BCUT2D eigenvalue weighted by Gasteiger charge is 2.05. The molecule has 2 rings (SSSR count). The monoisotopic (exact) mass is 233 g/mol. The molecule has 1 N–H and O–H groups in total. The molecule has 1 amide bonds. The summed E-state index contributed by atoms with van der Waals surface area (Å²) in [5, 5.41) is 5.76. The van der Waals surface area contributed by atoms with E-state index in [9.17, 15) is 4.79 Å². The van der Waals surface area contributed by atoms with Gasteiger partial charge in [0, 0.05) is 23.3 Å². The number of hydrogen-bond acceptors (Lipinski definition) is 4. The maximum absolute atomic E-state index is 11.7. The molecule has 0 spiro atoms. The van der Waals surface area contributed by atoms with Crippen molar-refractivity contribution in [2.24, 2.45) is 0 Å². The van der Waals surface area contributed by atoms with Crippen molar-refractivity contribution in [2.45, 2.75) is 13.5 Å². The summed E-state index contributed by atoms with van der Waals surface area (Å²) in [6.07, 6.45) is 3.20. The van der Waals surface area contributed by atoms with Crippen LogP contribution in [0.25, 0.3) is 0 Å². The minimum absolute atomic E-state index is 0.104. The van der Waals surface area contributed by atoms with E-state index in [-0.39, 0.29) is 5.91 Å². The van der Waals surface area contributed by atoms with Crippen molar-refractivity contribution < 1.29 is 4.79 Å². The third-order valence-corrected chi connectivity index (χ3v) is 2.86. The van der Waals surface area contributed by atoms with E-state index in [1.54, 1.807) is 35.9 Å². The maximum Gasteiger partial charge on any atom is 0.251 e. The molecule has 0 aliphatic rings. The minimum atomic E-state index is -0.104. The number of carbonyl (C=O) groups is 1. The molecule has 4 nitrogen and oxygen atoms in total. The van der Waals surface area contributed by atoms with Gasteiger partial charge < -0.3 is 5.32 Å². The summed E-state index contributed by atoms with van der Waals surface area (Å²) in [7, 11) is 0. The van der Waals surface area contributed by atoms with Gasteiger partial charge in [-0.2, -0.15) is 0 Å². The van der Waals surface area contributed by atoms with Gasteiger partial charge in [-0.1, -0.05) is 0 Å². The quantitative estimate of drug-likeness (QED) is 0.879. The van der Waals surface area contributed by atoms with Crippen molar-refractivity contribution in [2.75, 3.05) is 0 Å². The fourth-order valence-corrected chi connectivity index (χ4v) is 1.88. The van der Waals surface area contributed by atoms with E-state index < -0.39 is 0 Å². The van der Waals surface area contributed by atoms with Gasteiger partial charge in [0.15, 0.2) is 0 Å². The van der Waals surface area contributed by atoms with Gasteiger partial charge in [-0.3, -0.25) is 9.78 Å². The summed E-state index contributed by atoms with van der Waals surface area (Å²) in [5.41, 5.74) is 1.51. The van der Waals surface area contributed by atoms with Crippen LogP contribution in [0.4, 0.5) is 0 Å². The van der Waals surface area contributed by atoms with E-state index in [0.29, 0.717) is 12.1 Å². The summed E-state index contributed by atoms with van der Waals surface area (Å²) in [4.78, 5) is 19.8. The Morgan fingerprint density at radius 3 is 2.81 bits per heavy atom. The average molecular weight is 233 g/mol. The standard InChI is InChI=1S/C11H11N3OS/c1-8-14-10(7-16-8)6-13-11(15)9-2-4-12-5-3-9/h2-5,7H,6H2,1H3,(H,13,15). The third kappa shape index (κ3) is 2.64. The van der Waals surface area contributed by atoms with E-state index in [2.05, 4.69) is 15.3 Å². The zero-order valence-electron chi connectivity index (χ0n) is 8.80. The van der Waals surface area contributed by atoms with Crippen LogP contribution in [0.15, 0.2) is 29.9 Å². The van der Waals surface area contributed by atoms with Crippen molar-refractivity contribution in [1.82, 2.24) is 15.3 Å². The molecule has 16 heavy (non-hydrogen) atoms. The van der Waals surface area contributed by atoms with Crippen LogP contribution >= 0.6 is 11.3 Å². The molecule has 82 valence electrons. The second kappa shape index (κ2) is 4.85. The molecular weight excluding hydrogens is 222 g/mol. The smallest absolute Gasteiger partial charge is 0.251 e. The largest absolute Gasteiger partial charge is 0.346 e. The molecule has 0 aromatic carbocycles. The van der Waals surface area contributed by atoms with Crippen molar-refractivity contribution in [1.29, 1.82) is 0 Å². The predicted octanol–water partition coefficient (Wildman–Crippen LogP) is 1.78. The lowest BCUT2D eigenvalue weighted by atomic mass is 10.2. The van der Waals surface area contributed by atoms with Gasteiger partial charge in [-0.05, 0) is 19.1 Å². The molecule has 0 saturated heterocycles. The number of thiazole rings is 1. The van der Waals surface area contributed by atoms with E-state index in [0.717, 1.165) is 10.7 Å². The molecule has 0 atom stereocenters. The van der Waals surface area contributed by atoms with Crippen LogP contribution in [0, 0.1) is 6.92 Å². The van der Waals surface area contributed by atoms with Gasteiger partial charge in [0.25, 0.3) is 5.91 Å². The average Bonchev–Trinajstić information content (AvgIpc) is 2.73. The topological polar surface area (TPSA) is 54.9 Å². The Hall–Kier alpha value is -1.75. The molecule has 2 aromatic rings. The van der Waals surface area contributed by atoms with E-state index in [1.165, 1.54) is 0 Å². The minimum Gasteiger partial charge on any atom is -0.346 e. The third-order valence-electron chi connectivity index (χ3n) is 2.04. The SMILES string of the molecule is Cc1nc(CNC(=O)c2ccncc2)cs1. The summed E-state index contributed by atoms with van der Waals surface area (Å²) in [5.74, 6) is -0.104. The van der Waals surface area contributed by atoms with Gasteiger partial charge in [-0.15, -0.1) is 11.3 Å². The Morgan fingerprint density at radius 1 is 1.44 bits per heavy atom. The lowest BCUT2D eigenvalue weighted by Gasteiger charge is -2.02. The molecule has 0 aliphatic heterocycles. The molecule has 0 aliphatic carbocycles. The Bertz CT molecular complexity index is 481. The molecule has 0 radical (unpaired) electrons. The first-order valence-corrected chi connectivity index (χ1v) is 5.73. The Morgan fingerprint density at radius 2 is 2.19 bits per heavy atom. The molecule has 2 aromatic heterocycles. The van der Waals surface area contributed by atoms with Crippen LogP contribution in [0.3, 0.4) is 0 Å². The lowest BCUT2D eigenvalue weighted by molar-refractivity contribution is 0.0950. The molecule has 2 heterocycles. The van der Waals surface area contributed by atoms with E-state index >= 15 is 0 Å². The highest BCUT2D eigenvalue weighted by molar-refractivity contribution is 7.09. The first-order chi connectivity index (χ1) is 7.75. The second-order valence-corrected chi connectivity index (χ2v) is 4.34. The Kier molecular flexibility index (Phi) is 3.26. The van der Waals surface area contributed by atoms with Crippen molar-refractivity contribution in [3.63, 3.8) is 0 Å². The Balaban J connectivity index is 1.94. The number of pyridine rings is 1. The van der Waals surface area contributed by atoms with Crippen LogP contribution in [0.1, 0.15) is 21.1 Å². The fourth-order valence-electron chi connectivity index (χ4n) is 1.27. The number of carbonyl (C=O) groups excluding carboxylic acids is 1. The first-order valence-electron chi connectivity index (χ1n) is 4.85. The highest BCUT2D eigenvalue weighted by Crippen LogP contribution is 2.07. The summed E-state index contributed by atoms with van der Waals surface area (Å²) < 4.78 is 0. The van der Waals surface area contributed by atoms with Crippen molar-refractivity contribution in [3.05, 3.63) is 46.2 Å². The summed E-state index contributed by atoms with van der Waals surface area (Å²) >= 11 is 1.58. The maximum atomic E-state index is 11.7. The van der Waals surface area contributed by atoms with E-state index in [4.69, 9.17) is 0 Å². The predicted molar refractivity (Wildman–Crippen MR) is 62.3 cm³/mol. The number of nitrogens with zero attached hydrogens (tertiary/aromatic N) is 2. The van der Waals surface area contributed by atoms with Gasteiger partial charge in [0.1, 0.15) is 0 Å². The second-order valence-electron chi connectivity index (χ2n) is 3.28. The number of nitrogens with one attached hydrogen (secondary N) is 1. The van der Waals surface area contributed by atoms with E-state index in [1.807, 2.05) is 12.3 Å². The van der Waals surface area contributed by atoms with Gasteiger partial charge in [0.05, 0.1) is 17.2 Å². The van der Waals surface area contributed by atoms with Gasteiger partial charge >= 0.3 is 0 Å². The number of aryl methyl sites for hydroxylation is 1. The van der Waals surface area contributed by atoms with Crippen LogP contribution < -0.4 is 5.32 Å². The summed E-state index contributed by atoms with van der Waals surface area (Å²) in [6.45, 7) is 2.41. The molecular formula is C11H11N3OS. The fraction of sp³-hybridized carbons (Fsp3) is 0.182. The highest BCUT2D eigenvalue weighted by atomic mass is 32.1. The van der Waals surface area contributed by atoms with Gasteiger partial charge in [0.2, 0.25) is 0 Å². The number of aromatic nitrogens is 2. The van der Waals surface area contributed by atoms with Crippen molar-refractivity contribution >= 4 is 17.2 Å². The normalized spacial score (nSPS) is 10.1. The lowest BCUT2D eigenvalue weighted by Crippen LogP contribution is -2.22. The molecule has 0 saturated carbocycles. The van der Waals surface area contributed by atoms with Crippen LogP contribution in [-0.4, -0.2) is 15.9 Å². The number of rotatable bonds is 3. The molecule has 0 unspecified atom stereocenters. The molecule has 0 fully saturated rings. The van der Waals surface area contributed by atoms with Crippen LogP contribution in [-0.2, 0) is 6.54 Å². The summed E-state index contributed by atoms with van der Waals surface area (Å²) in [6, 6.07) is 3.36. The zero-order valence-corrected chi connectivity index (χ0v) is 9.62. The number of amides is 1. The Labute approximate surface area is 97.4 Å². The number of hydrogen-bond donors (Lipinski definition) is 1. The van der Waals surface area contributed by atoms with Gasteiger partial charge in [-0.25, -0.2) is 4.98 Å². The molecule has 5 heteroatoms. The molecule has 0 bridgehead atoms.